The van der Waals surface area contributed by atoms with E-state index >= 15 is 0 Å². The van der Waals surface area contributed by atoms with Crippen LogP contribution in [0.2, 0.25) is 0 Å². The minimum atomic E-state index is 0.671. The first-order valence-electron chi connectivity index (χ1n) is 16.3. The van der Waals surface area contributed by atoms with Crippen molar-refractivity contribution in [2.24, 2.45) is 0 Å². The Morgan fingerprint density at radius 3 is 1.50 bits per heavy atom. The lowest BCUT2D eigenvalue weighted by Crippen LogP contribution is -1.94. The quantitative estimate of drug-likeness (QED) is 0.183. The zero-order valence-corrected chi connectivity index (χ0v) is 25.9. The highest BCUT2D eigenvalue weighted by Gasteiger charge is 2.20. The van der Waals surface area contributed by atoms with E-state index in [2.05, 4.69) is 161 Å². The SMILES string of the molecule is N#Cc1ccc2ccc3ccc(-n4c5ccccc5c5c(-c6cccc7c6c6ccccc6n7-c6ccccc6)cccc54)cc3c2c1. The van der Waals surface area contributed by atoms with Gasteiger partial charge < -0.3 is 9.13 Å². The van der Waals surface area contributed by atoms with Gasteiger partial charge in [-0.25, -0.2) is 0 Å². The Hall–Kier alpha value is -6.63. The van der Waals surface area contributed by atoms with Gasteiger partial charge in [0.15, 0.2) is 0 Å². The molecular weight excluding hydrogens is 583 g/mol. The second kappa shape index (κ2) is 10.2. The van der Waals surface area contributed by atoms with Crippen LogP contribution in [-0.4, -0.2) is 9.13 Å². The topological polar surface area (TPSA) is 33.6 Å². The summed E-state index contributed by atoms with van der Waals surface area (Å²) in [5.41, 5.74) is 10.1. The molecule has 0 N–H and O–H groups in total. The van der Waals surface area contributed by atoms with Gasteiger partial charge in [0, 0.05) is 32.9 Å². The number of hydrogen-bond acceptors (Lipinski definition) is 1. The molecule has 0 saturated carbocycles. The number of nitrogens with zero attached hydrogens (tertiary/aromatic N) is 3. The highest BCUT2D eigenvalue weighted by molar-refractivity contribution is 6.22. The molecule has 3 nitrogen and oxygen atoms in total. The Labute approximate surface area is 276 Å². The molecular formula is C45H27N3. The van der Waals surface area contributed by atoms with E-state index < -0.39 is 0 Å². The van der Waals surface area contributed by atoms with E-state index in [9.17, 15) is 5.26 Å². The lowest BCUT2D eigenvalue weighted by molar-refractivity contribution is 1.18. The molecule has 2 aromatic heterocycles. The van der Waals surface area contributed by atoms with Gasteiger partial charge in [0.25, 0.3) is 0 Å². The minimum Gasteiger partial charge on any atom is -0.309 e. The number of benzene rings is 8. The molecule has 0 atom stereocenters. The van der Waals surface area contributed by atoms with Gasteiger partial charge >= 0.3 is 0 Å². The second-order valence-corrected chi connectivity index (χ2v) is 12.5. The third-order valence-corrected chi connectivity index (χ3v) is 9.91. The fraction of sp³-hybridized carbons (Fsp3) is 0. The molecule has 0 unspecified atom stereocenters. The van der Waals surface area contributed by atoms with E-state index in [1.165, 1.54) is 43.7 Å². The zero-order valence-electron chi connectivity index (χ0n) is 25.9. The van der Waals surface area contributed by atoms with Crippen molar-refractivity contribution in [2.75, 3.05) is 0 Å². The molecule has 0 aliphatic heterocycles. The lowest BCUT2D eigenvalue weighted by Gasteiger charge is -2.12. The summed E-state index contributed by atoms with van der Waals surface area (Å²) in [6.45, 7) is 0. The molecule has 0 aliphatic carbocycles. The van der Waals surface area contributed by atoms with Gasteiger partial charge in [-0.1, -0.05) is 103 Å². The van der Waals surface area contributed by atoms with Gasteiger partial charge in [-0.3, -0.25) is 0 Å². The summed E-state index contributed by atoms with van der Waals surface area (Å²) in [6.07, 6.45) is 0. The number of aromatic nitrogens is 2. The molecule has 0 fully saturated rings. The van der Waals surface area contributed by atoms with Crippen LogP contribution in [0.4, 0.5) is 0 Å². The Morgan fingerprint density at radius 2 is 0.875 bits per heavy atom. The van der Waals surface area contributed by atoms with E-state index in [0.29, 0.717) is 5.56 Å². The second-order valence-electron chi connectivity index (χ2n) is 12.5. The molecule has 8 aromatic carbocycles. The summed E-state index contributed by atoms with van der Waals surface area (Å²) in [5.74, 6) is 0. The summed E-state index contributed by atoms with van der Waals surface area (Å²) in [5, 5.41) is 19.1. The smallest absolute Gasteiger partial charge is 0.0991 e. The van der Waals surface area contributed by atoms with Crippen molar-refractivity contribution in [1.82, 2.24) is 9.13 Å². The largest absolute Gasteiger partial charge is 0.309 e. The van der Waals surface area contributed by atoms with Crippen LogP contribution >= 0.6 is 0 Å². The molecule has 222 valence electrons. The van der Waals surface area contributed by atoms with Crippen molar-refractivity contribution in [3.8, 4) is 28.6 Å². The highest BCUT2D eigenvalue weighted by atomic mass is 15.0. The van der Waals surface area contributed by atoms with Crippen molar-refractivity contribution >= 4 is 65.2 Å². The van der Waals surface area contributed by atoms with Crippen molar-refractivity contribution in [3.63, 3.8) is 0 Å². The molecule has 0 radical (unpaired) electrons. The minimum absolute atomic E-state index is 0.671. The monoisotopic (exact) mass is 609 g/mol. The van der Waals surface area contributed by atoms with E-state index in [-0.39, 0.29) is 0 Å². The number of hydrogen-bond donors (Lipinski definition) is 0. The fourth-order valence-electron chi connectivity index (χ4n) is 7.87. The van der Waals surface area contributed by atoms with Crippen LogP contribution in [0, 0.1) is 11.3 Å². The van der Waals surface area contributed by atoms with Gasteiger partial charge in [0.1, 0.15) is 0 Å². The summed E-state index contributed by atoms with van der Waals surface area (Å²) >= 11 is 0. The van der Waals surface area contributed by atoms with E-state index in [0.717, 1.165) is 44.0 Å². The normalized spacial score (nSPS) is 11.7. The molecule has 0 aliphatic rings. The molecule has 2 heterocycles. The van der Waals surface area contributed by atoms with Gasteiger partial charge in [0.05, 0.1) is 33.7 Å². The molecule has 0 bridgehead atoms. The average molecular weight is 610 g/mol. The van der Waals surface area contributed by atoms with E-state index in [1.807, 2.05) is 18.2 Å². The first-order chi connectivity index (χ1) is 23.8. The summed E-state index contributed by atoms with van der Waals surface area (Å²) in [7, 11) is 0. The van der Waals surface area contributed by atoms with E-state index in [1.54, 1.807) is 0 Å². The molecule has 3 heteroatoms. The van der Waals surface area contributed by atoms with Gasteiger partial charge in [-0.15, -0.1) is 0 Å². The van der Waals surface area contributed by atoms with Crippen LogP contribution in [0.3, 0.4) is 0 Å². The maximum atomic E-state index is 9.66. The third-order valence-electron chi connectivity index (χ3n) is 9.91. The Balaban J connectivity index is 1.29. The summed E-state index contributed by atoms with van der Waals surface area (Å²) < 4.78 is 4.78. The van der Waals surface area contributed by atoms with Crippen LogP contribution in [0.5, 0.6) is 0 Å². The zero-order chi connectivity index (χ0) is 31.8. The molecule has 10 aromatic rings. The summed E-state index contributed by atoms with van der Waals surface area (Å²) in [6, 6.07) is 60.8. The molecule has 10 rings (SSSR count). The third kappa shape index (κ3) is 3.75. The predicted octanol–water partition coefficient (Wildman–Crippen LogP) is 11.7. The maximum absolute atomic E-state index is 9.66. The first kappa shape index (κ1) is 26.6. The fourth-order valence-corrected chi connectivity index (χ4v) is 7.87. The van der Waals surface area contributed by atoms with Crippen molar-refractivity contribution in [3.05, 3.63) is 169 Å². The number of fused-ring (bicyclic) bond motifs is 9. The molecule has 0 amide bonds. The Bertz CT molecular complexity index is 2950. The van der Waals surface area contributed by atoms with E-state index in [4.69, 9.17) is 0 Å². The Morgan fingerprint density at radius 1 is 0.375 bits per heavy atom. The number of nitriles is 1. The van der Waals surface area contributed by atoms with Crippen LogP contribution in [0.15, 0.2) is 164 Å². The van der Waals surface area contributed by atoms with Crippen molar-refractivity contribution in [2.45, 2.75) is 0 Å². The molecule has 0 spiro atoms. The summed E-state index contributed by atoms with van der Waals surface area (Å²) in [4.78, 5) is 0. The maximum Gasteiger partial charge on any atom is 0.0991 e. The van der Waals surface area contributed by atoms with Crippen LogP contribution in [0.25, 0.3) is 87.7 Å². The van der Waals surface area contributed by atoms with Gasteiger partial charge in [-0.05, 0) is 93.3 Å². The van der Waals surface area contributed by atoms with Crippen molar-refractivity contribution in [1.29, 1.82) is 5.26 Å². The first-order valence-corrected chi connectivity index (χ1v) is 16.3. The highest BCUT2D eigenvalue weighted by Crippen LogP contribution is 2.44. The predicted molar refractivity (Wildman–Crippen MR) is 200 cm³/mol. The van der Waals surface area contributed by atoms with Gasteiger partial charge in [-0.2, -0.15) is 5.26 Å². The lowest BCUT2D eigenvalue weighted by atomic mass is 9.95. The average Bonchev–Trinajstić information content (AvgIpc) is 3.68. The van der Waals surface area contributed by atoms with Crippen molar-refractivity contribution < 1.29 is 0 Å². The molecule has 48 heavy (non-hydrogen) atoms. The molecule has 0 saturated heterocycles. The Kier molecular flexibility index (Phi) is 5.64. The van der Waals surface area contributed by atoms with Crippen LogP contribution in [0.1, 0.15) is 5.56 Å². The van der Waals surface area contributed by atoms with Crippen LogP contribution < -0.4 is 0 Å². The number of rotatable bonds is 3. The van der Waals surface area contributed by atoms with Gasteiger partial charge in [0.2, 0.25) is 0 Å². The standard InChI is InChI=1S/C45H27N3/c46-28-29-20-21-30-22-23-31-24-25-33(27-39(31)38(30)26-29)48-41-17-7-5-13-37(41)45-35(15-9-19-43(45)48)34-14-8-18-42-44(34)36-12-4-6-16-40(36)47(42)32-10-2-1-3-11-32/h1-27H. The van der Waals surface area contributed by atoms with Crippen LogP contribution in [-0.2, 0) is 0 Å². The number of para-hydroxylation sites is 3.